The van der Waals surface area contributed by atoms with Crippen molar-refractivity contribution >= 4 is 0 Å². The Morgan fingerprint density at radius 3 is 0.833 bits per heavy atom. The molecule has 0 saturated carbocycles. The van der Waals surface area contributed by atoms with Gasteiger partial charge in [-0.2, -0.15) is 0 Å². The molecule has 12 heavy (non-hydrogen) atoms. The third kappa shape index (κ3) is 50.6. The molecule has 0 unspecified atom stereocenters. The summed E-state index contributed by atoms with van der Waals surface area (Å²) in [6.07, 6.45) is 1.36. The van der Waals surface area contributed by atoms with Crippen molar-refractivity contribution in [2.24, 2.45) is 17.8 Å². The smallest absolute Gasteiger partial charge is 0.0469 e. The maximum Gasteiger partial charge on any atom is -0.0469 e. The van der Waals surface area contributed by atoms with E-state index >= 15 is 0 Å². The van der Waals surface area contributed by atoms with Gasteiger partial charge in [-0.1, -0.05) is 55.9 Å². The van der Waals surface area contributed by atoms with Gasteiger partial charge < -0.3 is 0 Å². The maximum atomic E-state index is 2.26. The Morgan fingerprint density at radius 2 is 0.833 bits per heavy atom. The van der Waals surface area contributed by atoms with Crippen molar-refractivity contribution in [2.75, 3.05) is 0 Å². The third-order valence-electron chi connectivity index (χ3n) is 0.943. The largest absolute Gasteiger partial charge is 0.0776 e. The maximum absolute atomic E-state index is 2.26. The molecule has 0 heteroatoms. The minimum absolute atomic E-state index is 0. The quantitative estimate of drug-likeness (QED) is 0.553. The molecule has 0 radical (unpaired) electrons. The van der Waals surface area contributed by atoms with Crippen molar-refractivity contribution in [2.45, 2.75) is 62.3 Å². The summed E-state index contributed by atoms with van der Waals surface area (Å²) in [6.45, 7) is 15.6. The van der Waals surface area contributed by atoms with Gasteiger partial charge in [0.15, 0.2) is 0 Å². The first-order valence-corrected chi connectivity index (χ1v) is 4.86. The summed E-state index contributed by atoms with van der Waals surface area (Å²) in [4.78, 5) is 0. The lowest BCUT2D eigenvalue weighted by Gasteiger charge is -2.05. The first-order chi connectivity index (χ1) is 4.86. The minimum atomic E-state index is 0. The van der Waals surface area contributed by atoms with Crippen LogP contribution in [0.25, 0.3) is 0 Å². The molecule has 0 aromatic heterocycles. The van der Waals surface area contributed by atoms with Crippen molar-refractivity contribution in [1.29, 1.82) is 0 Å². The standard InChI is InChI=1S/C7H16.C4H10.CH4/c1-6(2)5-7(3)4;1-4(2)3;/h6-7H,5H2,1-4H3;4H,1-3H3;1H4. The average molecular weight is 174 g/mol. The van der Waals surface area contributed by atoms with E-state index in [1.807, 2.05) is 0 Å². The molecule has 78 valence electrons. The van der Waals surface area contributed by atoms with E-state index in [1.54, 1.807) is 0 Å². The Balaban J connectivity index is -0.000000142. The Kier molecular flexibility index (Phi) is 16.4. The molecule has 0 rings (SSSR count). The highest BCUT2D eigenvalue weighted by Gasteiger charge is 1.95. The van der Waals surface area contributed by atoms with Crippen LogP contribution in [0.15, 0.2) is 0 Å². The summed E-state index contributed by atoms with van der Waals surface area (Å²) in [5.41, 5.74) is 0. The predicted molar refractivity (Wildman–Crippen MR) is 61.5 cm³/mol. The summed E-state index contributed by atoms with van der Waals surface area (Å²) in [7, 11) is 0. The summed E-state index contributed by atoms with van der Waals surface area (Å²) >= 11 is 0. The van der Waals surface area contributed by atoms with Gasteiger partial charge in [0.1, 0.15) is 0 Å². The lowest BCUT2D eigenvalue weighted by atomic mass is 10.0. The Hall–Kier alpha value is 0. The molecule has 0 amide bonds. The molecule has 0 spiro atoms. The highest BCUT2D eigenvalue weighted by Crippen LogP contribution is 2.08. The van der Waals surface area contributed by atoms with Crippen LogP contribution in [-0.4, -0.2) is 0 Å². The van der Waals surface area contributed by atoms with Crippen LogP contribution in [0.5, 0.6) is 0 Å². The fourth-order valence-corrected chi connectivity index (χ4v) is 0.943. The molecule has 0 aliphatic heterocycles. The van der Waals surface area contributed by atoms with E-state index in [9.17, 15) is 0 Å². The first kappa shape index (κ1) is 17.9. The predicted octanol–water partition coefficient (Wildman–Crippen LogP) is 4.99. The zero-order valence-corrected chi connectivity index (χ0v) is 9.44. The van der Waals surface area contributed by atoms with Crippen molar-refractivity contribution in [3.8, 4) is 0 Å². The average Bonchev–Trinajstić information content (AvgIpc) is 1.56. The second kappa shape index (κ2) is 11.0. The van der Waals surface area contributed by atoms with Gasteiger partial charge in [-0.15, -0.1) is 0 Å². The van der Waals surface area contributed by atoms with Crippen LogP contribution in [0.3, 0.4) is 0 Å². The molecule has 0 aliphatic rings. The normalized spacial score (nSPS) is 9.50. The van der Waals surface area contributed by atoms with Gasteiger partial charge >= 0.3 is 0 Å². The highest BCUT2D eigenvalue weighted by atomic mass is 14.0. The van der Waals surface area contributed by atoms with Crippen LogP contribution >= 0.6 is 0 Å². The van der Waals surface area contributed by atoms with Crippen LogP contribution in [-0.2, 0) is 0 Å². The van der Waals surface area contributed by atoms with E-state index in [0.717, 1.165) is 17.8 Å². The Bertz CT molecular complexity index is 51.7. The van der Waals surface area contributed by atoms with Crippen molar-refractivity contribution < 1.29 is 0 Å². The van der Waals surface area contributed by atoms with Crippen molar-refractivity contribution in [3.05, 3.63) is 0 Å². The van der Waals surface area contributed by atoms with Gasteiger partial charge in [-0.05, 0) is 24.2 Å². The molecular weight excluding hydrogens is 144 g/mol. The molecule has 0 N–H and O–H groups in total. The first-order valence-electron chi connectivity index (χ1n) is 4.86. The van der Waals surface area contributed by atoms with Crippen LogP contribution in [0.4, 0.5) is 0 Å². The molecule has 0 nitrogen and oxygen atoms in total. The number of hydrogen-bond acceptors (Lipinski definition) is 0. The zero-order chi connectivity index (χ0) is 9.44. The van der Waals surface area contributed by atoms with E-state index in [0.29, 0.717) is 0 Å². The Labute approximate surface area is 80.8 Å². The molecule has 0 atom stereocenters. The van der Waals surface area contributed by atoms with E-state index in [-0.39, 0.29) is 7.43 Å². The molecule has 0 fully saturated rings. The molecule has 0 aromatic rings. The number of hydrogen-bond donors (Lipinski definition) is 0. The highest BCUT2D eigenvalue weighted by molar-refractivity contribution is 4.47. The van der Waals surface area contributed by atoms with Gasteiger partial charge in [-0.3, -0.25) is 0 Å². The molecule has 0 aromatic carbocycles. The lowest BCUT2D eigenvalue weighted by Crippen LogP contribution is -1.93. The second-order valence-electron chi connectivity index (χ2n) is 4.76. The van der Waals surface area contributed by atoms with E-state index in [4.69, 9.17) is 0 Å². The van der Waals surface area contributed by atoms with E-state index in [1.165, 1.54) is 6.42 Å². The Morgan fingerprint density at radius 1 is 0.667 bits per heavy atom. The topological polar surface area (TPSA) is 0 Å². The third-order valence-corrected chi connectivity index (χ3v) is 0.943. The van der Waals surface area contributed by atoms with Gasteiger partial charge in [-0.25, -0.2) is 0 Å². The minimum Gasteiger partial charge on any atom is -0.0776 e. The van der Waals surface area contributed by atoms with Crippen LogP contribution in [0.2, 0.25) is 0 Å². The van der Waals surface area contributed by atoms with Gasteiger partial charge in [0, 0.05) is 0 Å². The summed E-state index contributed by atoms with van der Waals surface area (Å²) in [5, 5.41) is 0. The molecular formula is C12H30. The van der Waals surface area contributed by atoms with E-state index in [2.05, 4.69) is 48.5 Å². The fourth-order valence-electron chi connectivity index (χ4n) is 0.943. The second-order valence-corrected chi connectivity index (χ2v) is 4.76. The van der Waals surface area contributed by atoms with Gasteiger partial charge in [0.2, 0.25) is 0 Å². The molecule has 0 bridgehead atoms. The summed E-state index contributed by atoms with van der Waals surface area (Å²) < 4.78 is 0. The summed E-state index contributed by atoms with van der Waals surface area (Å²) in [6, 6.07) is 0. The monoisotopic (exact) mass is 174 g/mol. The molecule has 0 aliphatic carbocycles. The van der Waals surface area contributed by atoms with Crippen LogP contribution < -0.4 is 0 Å². The molecule has 0 saturated heterocycles. The van der Waals surface area contributed by atoms with Crippen LogP contribution in [0, 0.1) is 17.8 Å². The zero-order valence-electron chi connectivity index (χ0n) is 9.44. The van der Waals surface area contributed by atoms with Gasteiger partial charge in [0.25, 0.3) is 0 Å². The molecule has 0 heterocycles. The SMILES string of the molecule is C.CC(C)C.CC(C)CC(C)C. The fraction of sp³-hybridized carbons (Fsp3) is 1.00. The van der Waals surface area contributed by atoms with Crippen molar-refractivity contribution in [1.82, 2.24) is 0 Å². The summed E-state index contributed by atoms with van der Waals surface area (Å²) in [5.74, 6) is 2.58. The van der Waals surface area contributed by atoms with Gasteiger partial charge in [0.05, 0.1) is 0 Å². The van der Waals surface area contributed by atoms with Crippen molar-refractivity contribution in [3.63, 3.8) is 0 Å². The van der Waals surface area contributed by atoms with Crippen LogP contribution in [0.1, 0.15) is 62.3 Å². The number of rotatable bonds is 2. The lowest BCUT2D eigenvalue weighted by molar-refractivity contribution is 0.469. The van der Waals surface area contributed by atoms with E-state index < -0.39 is 0 Å².